The molecule has 0 aromatic carbocycles. The number of pyridine rings is 1. The van der Waals surface area contributed by atoms with E-state index in [0.29, 0.717) is 11.6 Å². The second kappa shape index (κ2) is 10.7. The Morgan fingerprint density at radius 1 is 1.00 bits per heavy atom. The molecular formula is C18H28N6O5. The normalized spacial score (nSPS) is 13.2. The fraction of sp³-hybridized carbons (Fsp3) is 0.500. The fourth-order valence-electron chi connectivity index (χ4n) is 2.29. The van der Waals surface area contributed by atoms with Gasteiger partial charge in [-0.1, -0.05) is 13.8 Å². The van der Waals surface area contributed by atoms with Gasteiger partial charge in [0.25, 0.3) is 0 Å². The van der Waals surface area contributed by atoms with Crippen molar-refractivity contribution in [3.63, 3.8) is 0 Å². The third kappa shape index (κ3) is 6.68. The van der Waals surface area contributed by atoms with Crippen LogP contribution < -0.4 is 21.1 Å². The van der Waals surface area contributed by atoms with Gasteiger partial charge in [-0.2, -0.15) is 4.98 Å². The van der Waals surface area contributed by atoms with Crippen LogP contribution in [0.4, 0.5) is 17.6 Å². The number of aromatic nitrogens is 3. The first-order chi connectivity index (χ1) is 13.8. The van der Waals surface area contributed by atoms with Gasteiger partial charge in [0.1, 0.15) is 11.6 Å². The van der Waals surface area contributed by atoms with Gasteiger partial charge >= 0.3 is 0 Å². The van der Waals surface area contributed by atoms with Crippen molar-refractivity contribution in [3.05, 3.63) is 24.0 Å². The molecule has 11 nitrogen and oxygen atoms in total. The topological polar surface area (TPSA) is 179 Å². The number of ether oxygens (including phenoxy) is 1. The molecule has 160 valence electrons. The largest absolute Gasteiger partial charge is 0.451 e. The molecule has 0 amide bonds. The summed E-state index contributed by atoms with van der Waals surface area (Å²) in [4.78, 5) is 12.5. The average Bonchev–Trinajstić information content (AvgIpc) is 2.71. The van der Waals surface area contributed by atoms with Crippen LogP contribution in [-0.2, 0) is 0 Å². The lowest BCUT2D eigenvalue weighted by molar-refractivity contribution is 0.105. The van der Waals surface area contributed by atoms with Gasteiger partial charge in [-0.15, -0.1) is 0 Å². The molecule has 2 heterocycles. The number of nitrogens with one attached hydrogen (secondary N) is 2. The second-order valence-electron chi connectivity index (χ2n) is 6.74. The zero-order valence-electron chi connectivity index (χ0n) is 16.4. The van der Waals surface area contributed by atoms with Crippen LogP contribution in [0.3, 0.4) is 0 Å². The SMILES string of the molecule is CC(C)c1cnc(NCC(O)CO)cc1Oc1cnc(NCC(O)CO)nc1N. The van der Waals surface area contributed by atoms with Gasteiger partial charge in [0.15, 0.2) is 11.6 Å². The summed E-state index contributed by atoms with van der Waals surface area (Å²) in [5.74, 6) is 1.62. The Balaban J connectivity index is 2.18. The van der Waals surface area contributed by atoms with E-state index in [1.165, 1.54) is 6.20 Å². The molecule has 2 rings (SSSR count). The Hall–Kier alpha value is -2.73. The van der Waals surface area contributed by atoms with E-state index >= 15 is 0 Å². The first kappa shape index (κ1) is 22.6. The Morgan fingerprint density at radius 2 is 1.66 bits per heavy atom. The first-order valence-electron chi connectivity index (χ1n) is 9.19. The van der Waals surface area contributed by atoms with Crippen LogP contribution in [0.2, 0.25) is 0 Å². The van der Waals surface area contributed by atoms with Crippen molar-refractivity contribution < 1.29 is 25.2 Å². The summed E-state index contributed by atoms with van der Waals surface area (Å²) in [5.41, 5.74) is 6.81. The van der Waals surface area contributed by atoms with Crippen molar-refractivity contribution in [2.45, 2.75) is 32.0 Å². The third-order valence-corrected chi connectivity index (χ3v) is 3.96. The molecule has 0 bridgehead atoms. The number of nitrogens with zero attached hydrogens (tertiary/aromatic N) is 3. The minimum absolute atomic E-state index is 0.0761. The number of rotatable bonds is 11. The Morgan fingerprint density at radius 3 is 2.24 bits per heavy atom. The minimum Gasteiger partial charge on any atom is -0.451 e. The zero-order chi connectivity index (χ0) is 21.4. The van der Waals surface area contributed by atoms with Crippen LogP contribution in [0.5, 0.6) is 11.5 Å². The van der Waals surface area contributed by atoms with Gasteiger partial charge in [0.05, 0.1) is 31.6 Å². The van der Waals surface area contributed by atoms with Crippen molar-refractivity contribution in [2.75, 3.05) is 42.7 Å². The highest BCUT2D eigenvalue weighted by molar-refractivity contribution is 5.53. The molecule has 0 spiro atoms. The van der Waals surface area contributed by atoms with Gasteiger partial charge in [-0.25, -0.2) is 9.97 Å². The molecule has 11 heteroatoms. The lowest BCUT2D eigenvalue weighted by atomic mass is 10.0. The van der Waals surface area contributed by atoms with Gasteiger partial charge in [-0.05, 0) is 5.92 Å². The van der Waals surface area contributed by atoms with Gasteiger partial charge in [0, 0.05) is 30.9 Å². The molecule has 8 N–H and O–H groups in total. The van der Waals surface area contributed by atoms with Gasteiger partial charge in [-0.3, -0.25) is 0 Å². The number of nitrogens with two attached hydrogens (primary N) is 1. The molecular weight excluding hydrogens is 380 g/mol. The van der Waals surface area contributed by atoms with Crippen LogP contribution in [0, 0.1) is 0 Å². The molecule has 0 aliphatic carbocycles. The van der Waals surface area contributed by atoms with Crippen LogP contribution in [-0.4, -0.2) is 73.9 Å². The fourth-order valence-corrected chi connectivity index (χ4v) is 2.29. The maximum absolute atomic E-state index is 9.48. The van der Waals surface area contributed by atoms with Crippen molar-refractivity contribution in [3.8, 4) is 11.5 Å². The molecule has 0 fully saturated rings. The monoisotopic (exact) mass is 408 g/mol. The van der Waals surface area contributed by atoms with E-state index < -0.39 is 12.2 Å². The van der Waals surface area contributed by atoms with Gasteiger partial charge < -0.3 is 41.5 Å². The molecule has 2 aromatic rings. The van der Waals surface area contributed by atoms with Crippen LogP contribution in [0.1, 0.15) is 25.3 Å². The zero-order valence-corrected chi connectivity index (χ0v) is 16.4. The highest BCUT2D eigenvalue weighted by atomic mass is 16.5. The quantitative estimate of drug-likeness (QED) is 0.264. The summed E-state index contributed by atoms with van der Waals surface area (Å²) in [6.45, 7) is 3.46. The second-order valence-corrected chi connectivity index (χ2v) is 6.74. The highest BCUT2D eigenvalue weighted by Gasteiger charge is 2.15. The summed E-state index contributed by atoms with van der Waals surface area (Å²) < 4.78 is 5.92. The smallest absolute Gasteiger partial charge is 0.224 e. The molecule has 0 radical (unpaired) electrons. The first-order valence-corrected chi connectivity index (χ1v) is 9.19. The Labute approximate surface area is 168 Å². The van der Waals surface area contributed by atoms with E-state index in [2.05, 4.69) is 25.6 Å². The summed E-state index contributed by atoms with van der Waals surface area (Å²) in [5, 5.41) is 42.3. The molecule has 2 aromatic heterocycles. The number of nitrogen functional groups attached to an aromatic ring is 1. The number of aliphatic hydroxyl groups excluding tert-OH is 4. The van der Waals surface area contributed by atoms with Crippen LogP contribution >= 0.6 is 0 Å². The lowest BCUT2D eigenvalue weighted by Gasteiger charge is -2.17. The van der Waals surface area contributed by atoms with Crippen molar-refractivity contribution in [1.82, 2.24) is 15.0 Å². The molecule has 2 atom stereocenters. The average molecular weight is 408 g/mol. The number of aliphatic hydroxyl groups is 4. The van der Waals surface area contributed by atoms with E-state index in [9.17, 15) is 10.2 Å². The minimum atomic E-state index is -0.934. The third-order valence-electron chi connectivity index (χ3n) is 3.96. The predicted octanol–water partition coefficient (Wildman–Crippen LogP) is -0.100. The Kier molecular flexibility index (Phi) is 8.34. The molecule has 0 aliphatic rings. The van der Waals surface area contributed by atoms with Crippen molar-refractivity contribution >= 4 is 17.6 Å². The molecule has 2 unspecified atom stereocenters. The van der Waals surface area contributed by atoms with E-state index in [1.54, 1.807) is 12.3 Å². The predicted molar refractivity (Wildman–Crippen MR) is 108 cm³/mol. The summed E-state index contributed by atoms with van der Waals surface area (Å²) in [6, 6.07) is 1.67. The molecule has 29 heavy (non-hydrogen) atoms. The van der Waals surface area contributed by atoms with Crippen LogP contribution in [0.25, 0.3) is 0 Å². The van der Waals surface area contributed by atoms with Crippen molar-refractivity contribution in [2.24, 2.45) is 0 Å². The van der Waals surface area contributed by atoms with Crippen LogP contribution in [0.15, 0.2) is 18.5 Å². The summed E-state index contributed by atoms with van der Waals surface area (Å²) in [6.07, 6.45) is 1.23. The maximum atomic E-state index is 9.48. The Bertz CT molecular complexity index is 791. The summed E-state index contributed by atoms with van der Waals surface area (Å²) in [7, 11) is 0. The van der Waals surface area contributed by atoms with Crippen molar-refractivity contribution in [1.29, 1.82) is 0 Å². The number of hydrogen-bond donors (Lipinski definition) is 7. The molecule has 0 aliphatic heterocycles. The van der Waals surface area contributed by atoms with E-state index in [1.807, 2.05) is 13.8 Å². The standard InChI is InChI=1S/C18H28N6O5/c1-10(2)13-6-21-16(20-4-11(27)8-25)3-14(13)29-15-7-23-18(24-17(15)19)22-5-12(28)9-26/h3,6-7,10-12,25-28H,4-5,8-9H2,1-2H3,(H,20,21)(H3,19,22,23,24). The molecule has 0 saturated carbocycles. The number of anilines is 3. The van der Waals surface area contributed by atoms with E-state index in [4.69, 9.17) is 20.7 Å². The summed E-state index contributed by atoms with van der Waals surface area (Å²) >= 11 is 0. The van der Waals surface area contributed by atoms with E-state index in [-0.39, 0.29) is 49.7 Å². The number of hydrogen-bond acceptors (Lipinski definition) is 11. The van der Waals surface area contributed by atoms with E-state index in [0.717, 1.165) is 5.56 Å². The lowest BCUT2D eigenvalue weighted by Crippen LogP contribution is -2.24. The highest BCUT2D eigenvalue weighted by Crippen LogP contribution is 2.33. The molecule has 0 saturated heterocycles. The maximum Gasteiger partial charge on any atom is 0.224 e. The van der Waals surface area contributed by atoms with Gasteiger partial charge in [0.2, 0.25) is 5.95 Å².